The number of piperazine rings is 1. The fourth-order valence-corrected chi connectivity index (χ4v) is 3.76. The summed E-state index contributed by atoms with van der Waals surface area (Å²) in [7, 11) is 2.14. The third-order valence-electron chi connectivity index (χ3n) is 4.98. The average Bonchev–Trinajstić information content (AvgIpc) is 3.23. The average molecular weight is 237 g/mol. The Labute approximate surface area is 106 Å². The van der Waals surface area contributed by atoms with Gasteiger partial charge in [0.25, 0.3) is 0 Å². The SMILES string of the molecule is CNC1CCCCC1N1CCN(C2CC2)CC1. The summed E-state index contributed by atoms with van der Waals surface area (Å²) < 4.78 is 0. The Bertz CT molecular complexity index is 244. The lowest BCUT2D eigenvalue weighted by Gasteiger charge is -2.44. The van der Waals surface area contributed by atoms with E-state index in [-0.39, 0.29) is 0 Å². The van der Waals surface area contributed by atoms with Crippen molar-refractivity contribution in [2.75, 3.05) is 33.2 Å². The fourth-order valence-electron chi connectivity index (χ4n) is 3.76. The molecule has 3 fully saturated rings. The Balaban J connectivity index is 1.53. The summed E-state index contributed by atoms with van der Waals surface area (Å²) in [4.78, 5) is 5.48. The number of likely N-dealkylation sites (N-methyl/N-ethyl adjacent to an activating group) is 1. The molecule has 0 aromatic rings. The molecule has 0 spiro atoms. The van der Waals surface area contributed by atoms with E-state index in [1.807, 2.05) is 0 Å². The number of nitrogens with one attached hydrogen (secondary N) is 1. The fraction of sp³-hybridized carbons (Fsp3) is 1.00. The lowest BCUT2D eigenvalue weighted by atomic mass is 9.89. The van der Waals surface area contributed by atoms with Gasteiger partial charge in [-0.25, -0.2) is 0 Å². The van der Waals surface area contributed by atoms with E-state index in [1.165, 1.54) is 64.7 Å². The minimum absolute atomic E-state index is 0.747. The highest BCUT2D eigenvalue weighted by Gasteiger charge is 2.35. The zero-order valence-corrected chi connectivity index (χ0v) is 11.2. The molecule has 1 saturated heterocycles. The van der Waals surface area contributed by atoms with Crippen molar-refractivity contribution in [3.63, 3.8) is 0 Å². The number of hydrogen-bond donors (Lipinski definition) is 1. The van der Waals surface area contributed by atoms with Crippen molar-refractivity contribution in [2.24, 2.45) is 0 Å². The van der Waals surface area contributed by atoms with Gasteiger partial charge in [0.1, 0.15) is 0 Å². The van der Waals surface area contributed by atoms with Crippen LogP contribution in [0.4, 0.5) is 0 Å². The second-order valence-corrected chi connectivity index (χ2v) is 6.05. The van der Waals surface area contributed by atoms with Crippen molar-refractivity contribution in [1.82, 2.24) is 15.1 Å². The first kappa shape index (κ1) is 11.9. The summed E-state index contributed by atoms with van der Waals surface area (Å²) in [6, 6.07) is 2.52. The third-order valence-corrected chi connectivity index (χ3v) is 4.98. The molecule has 3 nitrogen and oxygen atoms in total. The molecule has 3 heteroatoms. The highest BCUT2D eigenvalue weighted by atomic mass is 15.3. The van der Waals surface area contributed by atoms with Crippen molar-refractivity contribution in [1.29, 1.82) is 0 Å². The molecular weight excluding hydrogens is 210 g/mol. The monoisotopic (exact) mass is 237 g/mol. The van der Waals surface area contributed by atoms with Crippen LogP contribution >= 0.6 is 0 Å². The first-order valence-corrected chi connectivity index (χ1v) is 7.54. The summed E-state index contributed by atoms with van der Waals surface area (Å²) in [5, 5.41) is 3.54. The van der Waals surface area contributed by atoms with Gasteiger partial charge in [0.15, 0.2) is 0 Å². The quantitative estimate of drug-likeness (QED) is 0.798. The van der Waals surface area contributed by atoms with Gasteiger partial charge in [-0.15, -0.1) is 0 Å². The molecule has 1 aliphatic heterocycles. The van der Waals surface area contributed by atoms with Crippen LogP contribution < -0.4 is 5.32 Å². The van der Waals surface area contributed by atoms with Crippen LogP contribution in [-0.2, 0) is 0 Å². The predicted octanol–water partition coefficient (Wildman–Crippen LogP) is 1.30. The molecule has 2 atom stereocenters. The minimum Gasteiger partial charge on any atom is -0.315 e. The molecule has 1 heterocycles. The molecule has 2 unspecified atom stereocenters. The Morgan fingerprint density at radius 1 is 0.824 bits per heavy atom. The van der Waals surface area contributed by atoms with E-state index in [1.54, 1.807) is 0 Å². The summed E-state index contributed by atoms with van der Waals surface area (Å²) in [5.74, 6) is 0. The van der Waals surface area contributed by atoms with Crippen molar-refractivity contribution >= 4 is 0 Å². The van der Waals surface area contributed by atoms with Crippen LogP contribution in [0.3, 0.4) is 0 Å². The van der Waals surface area contributed by atoms with Gasteiger partial charge in [0, 0.05) is 44.3 Å². The molecule has 17 heavy (non-hydrogen) atoms. The highest BCUT2D eigenvalue weighted by Crippen LogP contribution is 2.29. The molecule has 2 aliphatic carbocycles. The topological polar surface area (TPSA) is 18.5 Å². The molecule has 0 aromatic heterocycles. The molecule has 0 aromatic carbocycles. The van der Waals surface area contributed by atoms with E-state index in [4.69, 9.17) is 0 Å². The van der Waals surface area contributed by atoms with E-state index in [0.717, 1.165) is 18.1 Å². The van der Waals surface area contributed by atoms with Crippen LogP contribution in [-0.4, -0.2) is 61.2 Å². The van der Waals surface area contributed by atoms with Crippen molar-refractivity contribution in [3.05, 3.63) is 0 Å². The van der Waals surface area contributed by atoms with Crippen LogP contribution in [0.1, 0.15) is 38.5 Å². The molecule has 1 N–H and O–H groups in total. The normalized spacial score (nSPS) is 37.2. The standard InChI is InChI=1S/C14H27N3/c1-15-13-4-2-3-5-14(13)17-10-8-16(9-11-17)12-6-7-12/h12-15H,2-11H2,1H3. The van der Waals surface area contributed by atoms with Gasteiger partial charge < -0.3 is 5.32 Å². The Hall–Kier alpha value is -0.120. The van der Waals surface area contributed by atoms with E-state index < -0.39 is 0 Å². The molecule has 3 aliphatic rings. The minimum atomic E-state index is 0.747. The molecule has 0 bridgehead atoms. The highest BCUT2D eigenvalue weighted by molar-refractivity contribution is 4.92. The van der Waals surface area contributed by atoms with E-state index in [9.17, 15) is 0 Å². The van der Waals surface area contributed by atoms with Crippen molar-refractivity contribution in [3.8, 4) is 0 Å². The third kappa shape index (κ3) is 2.67. The first-order valence-electron chi connectivity index (χ1n) is 7.54. The maximum atomic E-state index is 3.54. The summed E-state index contributed by atoms with van der Waals surface area (Å²) in [5.41, 5.74) is 0. The lowest BCUT2D eigenvalue weighted by molar-refractivity contribution is 0.0600. The van der Waals surface area contributed by atoms with Crippen LogP contribution in [0.15, 0.2) is 0 Å². The van der Waals surface area contributed by atoms with E-state index in [2.05, 4.69) is 22.2 Å². The van der Waals surface area contributed by atoms with Crippen molar-refractivity contribution in [2.45, 2.75) is 56.7 Å². The Morgan fingerprint density at radius 3 is 2.12 bits per heavy atom. The second-order valence-electron chi connectivity index (χ2n) is 6.05. The Morgan fingerprint density at radius 2 is 1.47 bits per heavy atom. The van der Waals surface area contributed by atoms with Gasteiger partial charge in [-0.3, -0.25) is 9.80 Å². The predicted molar refractivity (Wildman–Crippen MR) is 71.3 cm³/mol. The van der Waals surface area contributed by atoms with E-state index >= 15 is 0 Å². The van der Waals surface area contributed by atoms with Crippen molar-refractivity contribution < 1.29 is 0 Å². The molecular formula is C14H27N3. The summed E-state index contributed by atoms with van der Waals surface area (Å²) in [6.07, 6.45) is 8.57. The zero-order valence-electron chi connectivity index (χ0n) is 11.2. The van der Waals surface area contributed by atoms with Gasteiger partial charge in [-0.2, -0.15) is 0 Å². The van der Waals surface area contributed by atoms with Gasteiger partial charge >= 0.3 is 0 Å². The maximum Gasteiger partial charge on any atom is 0.0250 e. The lowest BCUT2D eigenvalue weighted by Crippen LogP contribution is -2.57. The number of hydrogen-bond acceptors (Lipinski definition) is 3. The number of rotatable bonds is 3. The summed E-state index contributed by atoms with van der Waals surface area (Å²) in [6.45, 7) is 5.24. The second kappa shape index (κ2) is 5.25. The van der Waals surface area contributed by atoms with Crippen LogP contribution in [0.25, 0.3) is 0 Å². The first-order chi connectivity index (χ1) is 8.38. The Kier molecular flexibility index (Phi) is 3.69. The van der Waals surface area contributed by atoms with E-state index in [0.29, 0.717) is 0 Å². The molecule has 98 valence electrons. The van der Waals surface area contributed by atoms with Gasteiger partial charge in [0.05, 0.1) is 0 Å². The maximum absolute atomic E-state index is 3.54. The van der Waals surface area contributed by atoms with Crippen LogP contribution in [0.5, 0.6) is 0 Å². The van der Waals surface area contributed by atoms with Gasteiger partial charge in [-0.1, -0.05) is 12.8 Å². The van der Waals surface area contributed by atoms with Gasteiger partial charge in [0.2, 0.25) is 0 Å². The van der Waals surface area contributed by atoms with Crippen LogP contribution in [0.2, 0.25) is 0 Å². The molecule has 2 saturated carbocycles. The van der Waals surface area contributed by atoms with Crippen LogP contribution in [0, 0.1) is 0 Å². The molecule has 0 amide bonds. The summed E-state index contributed by atoms with van der Waals surface area (Å²) >= 11 is 0. The number of nitrogens with zero attached hydrogens (tertiary/aromatic N) is 2. The molecule has 0 radical (unpaired) electrons. The largest absolute Gasteiger partial charge is 0.315 e. The van der Waals surface area contributed by atoms with Gasteiger partial charge in [-0.05, 0) is 32.7 Å². The smallest absolute Gasteiger partial charge is 0.0250 e. The zero-order chi connectivity index (χ0) is 11.7. The molecule has 3 rings (SSSR count).